The molecule has 2 atom stereocenters. The van der Waals surface area contributed by atoms with E-state index in [1.165, 1.54) is 24.0 Å². The Kier molecular flexibility index (Phi) is 7.30. The quantitative estimate of drug-likeness (QED) is 0.538. The van der Waals surface area contributed by atoms with Crippen molar-refractivity contribution in [3.8, 4) is 0 Å². The first kappa shape index (κ1) is 23.0. The summed E-state index contributed by atoms with van der Waals surface area (Å²) in [5, 5.41) is 0. The van der Waals surface area contributed by atoms with Crippen molar-refractivity contribution in [1.29, 1.82) is 0 Å². The van der Waals surface area contributed by atoms with Crippen LogP contribution in [0.3, 0.4) is 0 Å². The Morgan fingerprint density at radius 2 is 1.17 bits per heavy atom. The summed E-state index contributed by atoms with van der Waals surface area (Å²) in [5.41, 5.74) is 12.9. The van der Waals surface area contributed by atoms with Crippen molar-refractivity contribution in [1.82, 2.24) is 0 Å². The molecule has 2 aliphatic rings. The third kappa shape index (κ3) is 3.86. The van der Waals surface area contributed by atoms with Gasteiger partial charge in [0.15, 0.2) is 0 Å². The predicted octanol–water partition coefficient (Wildman–Crippen LogP) is 4.31. The minimum Gasteiger partial charge on any atom is -1.00 e. The van der Waals surface area contributed by atoms with E-state index in [9.17, 15) is 0 Å². The summed E-state index contributed by atoms with van der Waals surface area (Å²) in [4.78, 5) is 0. The van der Waals surface area contributed by atoms with Gasteiger partial charge in [0.1, 0.15) is 0 Å². The van der Waals surface area contributed by atoms with Gasteiger partial charge in [-0.3, -0.25) is 0 Å². The largest absolute Gasteiger partial charge is 1.00 e. The minimum atomic E-state index is -1.83. The van der Waals surface area contributed by atoms with Crippen molar-refractivity contribution in [2.24, 2.45) is 0 Å². The fourth-order valence-corrected chi connectivity index (χ4v) is 28.6. The Hall–Kier alpha value is -0.690. The second-order valence-electron chi connectivity index (χ2n) is 8.82. The van der Waals surface area contributed by atoms with E-state index < -0.39 is 26.8 Å². The van der Waals surface area contributed by atoms with Gasteiger partial charge >= 0.3 is 181 Å². The Morgan fingerprint density at radius 1 is 0.759 bits per heavy atom. The van der Waals surface area contributed by atoms with E-state index in [0.29, 0.717) is 0 Å². The van der Waals surface area contributed by atoms with E-state index in [4.69, 9.17) is 0 Å². The van der Waals surface area contributed by atoms with E-state index in [-0.39, 0.29) is 12.4 Å². The second kappa shape index (κ2) is 9.21. The molecule has 0 bridgehead atoms. The summed E-state index contributed by atoms with van der Waals surface area (Å²) < 4.78 is 1.58. The molecule has 2 aromatic carbocycles. The molecule has 0 fully saturated rings. The molecule has 0 aromatic heterocycles. The monoisotopic (exact) mass is 498 g/mol. The molecule has 0 saturated carbocycles. The molecule has 152 valence electrons. The first-order valence-corrected chi connectivity index (χ1v) is 20.9. The molecular formula is C26H33ClSiZr. The number of hydrogen-bond acceptors (Lipinski definition) is 0. The first-order chi connectivity index (χ1) is 13.5. The number of rotatable bonds is 5. The topological polar surface area (TPSA) is 0 Å². The van der Waals surface area contributed by atoms with Crippen molar-refractivity contribution in [3.05, 3.63) is 80.9 Å². The molecule has 2 unspecified atom stereocenters. The molecule has 2 aromatic rings. The van der Waals surface area contributed by atoms with Crippen LogP contribution < -0.4 is 12.4 Å². The Labute approximate surface area is 192 Å². The van der Waals surface area contributed by atoms with Gasteiger partial charge in [0.25, 0.3) is 0 Å². The van der Waals surface area contributed by atoms with E-state index in [1.807, 2.05) is 0 Å². The van der Waals surface area contributed by atoms with Crippen molar-refractivity contribution in [3.63, 3.8) is 0 Å². The van der Waals surface area contributed by atoms with E-state index >= 15 is 0 Å². The minimum absolute atomic E-state index is 0. The van der Waals surface area contributed by atoms with Gasteiger partial charge in [0.05, 0.1) is 0 Å². The van der Waals surface area contributed by atoms with Gasteiger partial charge in [-0.1, -0.05) is 0 Å². The maximum atomic E-state index is 2.66. The summed E-state index contributed by atoms with van der Waals surface area (Å²) in [6, 6.07) is 14.1. The Balaban J connectivity index is 0.00000240. The zero-order chi connectivity index (χ0) is 20.0. The van der Waals surface area contributed by atoms with Crippen LogP contribution in [0, 0.1) is 13.8 Å². The number of fused-ring (bicyclic) bond motifs is 2. The smallest absolute Gasteiger partial charge is 1.00 e. The van der Waals surface area contributed by atoms with Gasteiger partial charge in [-0.05, 0) is 0 Å². The maximum absolute atomic E-state index is 2.66. The number of hydrogen-bond donors (Lipinski definition) is 0. The molecule has 0 spiro atoms. The van der Waals surface area contributed by atoms with Gasteiger partial charge in [-0.2, -0.15) is 0 Å². The summed E-state index contributed by atoms with van der Waals surface area (Å²) >= 11 is -1.83. The zero-order valence-electron chi connectivity index (χ0n) is 18.6. The summed E-state index contributed by atoms with van der Waals surface area (Å²) in [6.07, 6.45) is 7.58. The maximum Gasteiger partial charge on any atom is -1.00 e. The van der Waals surface area contributed by atoms with Gasteiger partial charge in [0.2, 0.25) is 0 Å². The summed E-state index contributed by atoms with van der Waals surface area (Å²) in [6.45, 7) is 14.7. The third-order valence-electron chi connectivity index (χ3n) is 6.89. The Bertz CT molecular complexity index is 897. The number of allylic oxidation sites excluding steroid dienone is 2. The van der Waals surface area contributed by atoms with Gasteiger partial charge in [-0.15, -0.1) is 0 Å². The second-order valence-corrected chi connectivity index (χ2v) is 28.9. The third-order valence-corrected chi connectivity index (χ3v) is 28.6. The fourth-order valence-electron chi connectivity index (χ4n) is 5.47. The van der Waals surface area contributed by atoms with Crippen LogP contribution in [0.1, 0.15) is 67.3 Å². The molecule has 0 N–H and O–H groups in total. The van der Waals surface area contributed by atoms with Gasteiger partial charge < -0.3 is 12.4 Å². The molecule has 2 aliphatic carbocycles. The number of aryl methyl sites for hydroxylation is 2. The van der Waals surface area contributed by atoms with Crippen LogP contribution in [0.4, 0.5) is 0 Å². The van der Waals surface area contributed by atoms with Crippen molar-refractivity contribution < 1.29 is 33.3 Å². The summed E-state index contributed by atoms with van der Waals surface area (Å²) in [7, 11) is 0. The molecule has 0 aliphatic heterocycles. The molecule has 0 amide bonds. The molecular weight excluding hydrogens is 467 g/mol. The van der Waals surface area contributed by atoms with Crippen LogP contribution in [0.2, 0.25) is 13.1 Å². The molecule has 0 nitrogen and oxygen atoms in total. The SMILES string of the molecule is CCC1=Cc2c(C)cccc2[CH]1[Zr+]([CH]1C(CC)=Cc2c(C)cccc21)[SiH](C)C.[Cl-]. The van der Waals surface area contributed by atoms with Crippen LogP contribution in [-0.2, 0) is 20.9 Å². The fraction of sp³-hybridized carbons (Fsp3) is 0.385. The van der Waals surface area contributed by atoms with Crippen LogP contribution in [-0.4, -0.2) is 5.92 Å². The first-order valence-electron chi connectivity index (χ1n) is 10.9. The van der Waals surface area contributed by atoms with E-state index in [1.54, 1.807) is 33.4 Å². The van der Waals surface area contributed by atoms with Crippen LogP contribution in [0.25, 0.3) is 12.2 Å². The van der Waals surface area contributed by atoms with Gasteiger partial charge in [-0.25, -0.2) is 0 Å². The summed E-state index contributed by atoms with van der Waals surface area (Å²) in [5.74, 6) is -0.731. The van der Waals surface area contributed by atoms with Crippen LogP contribution in [0.5, 0.6) is 0 Å². The van der Waals surface area contributed by atoms with Crippen LogP contribution in [0.15, 0.2) is 47.5 Å². The number of benzene rings is 2. The van der Waals surface area contributed by atoms with Crippen molar-refractivity contribution in [2.45, 2.75) is 60.9 Å². The molecule has 29 heavy (non-hydrogen) atoms. The van der Waals surface area contributed by atoms with Gasteiger partial charge in [0, 0.05) is 0 Å². The van der Waals surface area contributed by atoms with Crippen LogP contribution >= 0.6 is 0 Å². The average molecular weight is 500 g/mol. The Morgan fingerprint density at radius 3 is 1.52 bits per heavy atom. The number of halogens is 1. The predicted molar refractivity (Wildman–Crippen MR) is 123 cm³/mol. The molecule has 0 heterocycles. The average Bonchev–Trinajstić information content (AvgIpc) is 3.23. The van der Waals surface area contributed by atoms with Crippen molar-refractivity contribution >= 4 is 18.1 Å². The molecule has 4 rings (SSSR count). The molecule has 0 saturated heterocycles. The van der Waals surface area contributed by atoms with E-state index in [0.717, 1.165) is 7.25 Å². The normalized spacial score (nSPS) is 19.4. The van der Waals surface area contributed by atoms with E-state index in [2.05, 4.69) is 89.3 Å². The van der Waals surface area contributed by atoms with Crippen molar-refractivity contribution in [2.75, 3.05) is 0 Å². The molecule has 3 heteroatoms. The zero-order valence-corrected chi connectivity index (χ0v) is 23.0. The molecule has 0 radical (unpaired) electrons. The standard InChI is InChI=1S/2C12H13.C2H7Si.ClH.Zr/c2*1-3-10-7-11-6-4-5-9(2)12(11)8-10;1-3-2;;/h2*4-8H,3H2,1-2H3;3H,1-2H3;1H;/q;;;;+1/p-1.